The first kappa shape index (κ1) is 15.4. The molecule has 0 unspecified atom stereocenters. The molecular formula is C11H15ClFNO3S. The largest absolute Gasteiger partial charge is 0.395 e. The molecule has 0 fully saturated rings. The Labute approximate surface area is 111 Å². The standard InChI is InChI=1S/C11H15ClFNO3S/c1-2-5-14(6-7-15)18(16,17)9-3-4-11(13)10(12)8-9/h3-4,8,15H,2,5-7H2,1H3. The van der Waals surface area contributed by atoms with Gasteiger partial charge in [-0.2, -0.15) is 4.31 Å². The Balaban J connectivity index is 3.13. The maximum Gasteiger partial charge on any atom is 0.243 e. The van der Waals surface area contributed by atoms with E-state index in [-0.39, 0.29) is 29.6 Å². The highest BCUT2D eigenvalue weighted by molar-refractivity contribution is 7.89. The summed E-state index contributed by atoms with van der Waals surface area (Å²) in [5.74, 6) is -0.667. The van der Waals surface area contributed by atoms with Crippen molar-refractivity contribution in [3.05, 3.63) is 29.0 Å². The molecule has 0 aliphatic carbocycles. The lowest BCUT2D eigenvalue weighted by atomic mass is 10.3. The number of aliphatic hydroxyl groups excluding tert-OH is 1. The Bertz CT molecular complexity index is 501. The molecule has 0 aliphatic heterocycles. The van der Waals surface area contributed by atoms with Crippen molar-refractivity contribution in [1.82, 2.24) is 4.31 Å². The summed E-state index contributed by atoms with van der Waals surface area (Å²) in [4.78, 5) is -0.0733. The predicted octanol–water partition coefficient (Wildman–Crippen LogP) is 1.87. The van der Waals surface area contributed by atoms with E-state index in [9.17, 15) is 12.8 Å². The zero-order valence-electron chi connectivity index (χ0n) is 9.94. The van der Waals surface area contributed by atoms with Crippen molar-refractivity contribution in [1.29, 1.82) is 0 Å². The summed E-state index contributed by atoms with van der Waals surface area (Å²) >= 11 is 5.57. The van der Waals surface area contributed by atoms with Crippen molar-refractivity contribution >= 4 is 21.6 Å². The van der Waals surface area contributed by atoms with E-state index in [0.717, 1.165) is 22.5 Å². The van der Waals surface area contributed by atoms with Gasteiger partial charge in [0.2, 0.25) is 10.0 Å². The number of aliphatic hydroxyl groups is 1. The van der Waals surface area contributed by atoms with Gasteiger partial charge in [0.25, 0.3) is 0 Å². The molecule has 0 aliphatic rings. The Kier molecular flexibility index (Phi) is 5.52. The number of sulfonamides is 1. The van der Waals surface area contributed by atoms with Crippen LogP contribution in [0, 0.1) is 5.82 Å². The summed E-state index contributed by atoms with van der Waals surface area (Å²) < 4.78 is 38.6. The molecule has 102 valence electrons. The monoisotopic (exact) mass is 295 g/mol. The SMILES string of the molecule is CCCN(CCO)S(=O)(=O)c1ccc(F)c(Cl)c1. The Morgan fingerprint density at radius 2 is 2.06 bits per heavy atom. The summed E-state index contributed by atoms with van der Waals surface area (Å²) in [7, 11) is -3.74. The number of hydrogen-bond acceptors (Lipinski definition) is 3. The van der Waals surface area contributed by atoms with Gasteiger partial charge in [0, 0.05) is 13.1 Å². The summed E-state index contributed by atoms with van der Waals surface area (Å²) in [6.07, 6.45) is 0.619. The fourth-order valence-electron chi connectivity index (χ4n) is 1.50. The van der Waals surface area contributed by atoms with E-state index in [4.69, 9.17) is 16.7 Å². The Morgan fingerprint density at radius 3 is 2.56 bits per heavy atom. The molecule has 1 aromatic carbocycles. The van der Waals surface area contributed by atoms with Gasteiger partial charge < -0.3 is 5.11 Å². The van der Waals surface area contributed by atoms with Crippen LogP contribution < -0.4 is 0 Å². The molecule has 0 radical (unpaired) electrons. The molecule has 1 aromatic rings. The van der Waals surface area contributed by atoms with Crippen molar-refractivity contribution in [2.45, 2.75) is 18.2 Å². The molecule has 0 bridgehead atoms. The van der Waals surface area contributed by atoms with E-state index in [1.165, 1.54) is 0 Å². The van der Waals surface area contributed by atoms with Crippen LogP contribution in [0.15, 0.2) is 23.1 Å². The first-order valence-electron chi connectivity index (χ1n) is 5.49. The number of hydrogen-bond donors (Lipinski definition) is 1. The normalized spacial score (nSPS) is 12.1. The first-order valence-corrected chi connectivity index (χ1v) is 7.31. The third kappa shape index (κ3) is 3.41. The van der Waals surface area contributed by atoms with Gasteiger partial charge in [-0.1, -0.05) is 18.5 Å². The van der Waals surface area contributed by atoms with Crippen LogP contribution in [0.2, 0.25) is 5.02 Å². The second kappa shape index (κ2) is 6.47. The predicted molar refractivity (Wildman–Crippen MR) is 67.5 cm³/mol. The second-order valence-electron chi connectivity index (χ2n) is 3.70. The summed E-state index contributed by atoms with van der Waals surface area (Å²) in [5, 5.41) is 8.64. The number of halogens is 2. The number of benzene rings is 1. The van der Waals surface area contributed by atoms with E-state index in [0.29, 0.717) is 6.42 Å². The van der Waals surface area contributed by atoms with E-state index in [1.54, 1.807) is 0 Å². The van der Waals surface area contributed by atoms with Crippen molar-refractivity contribution in [3.63, 3.8) is 0 Å². The molecule has 4 nitrogen and oxygen atoms in total. The average molecular weight is 296 g/mol. The van der Waals surface area contributed by atoms with Crippen molar-refractivity contribution < 1.29 is 17.9 Å². The van der Waals surface area contributed by atoms with Gasteiger partial charge in [0.1, 0.15) is 5.82 Å². The Morgan fingerprint density at radius 1 is 1.39 bits per heavy atom. The molecule has 0 heterocycles. The lowest BCUT2D eigenvalue weighted by Crippen LogP contribution is -2.34. The molecule has 0 spiro atoms. The number of nitrogens with zero attached hydrogens (tertiary/aromatic N) is 1. The van der Waals surface area contributed by atoms with E-state index in [1.807, 2.05) is 6.92 Å². The van der Waals surface area contributed by atoms with Gasteiger partial charge in [0.05, 0.1) is 16.5 Å². The number of rotatable bonds is 6. The topological polar surface area (TPSA) is 57.6 Å². The molecular weight excluding hydrogens is 281 g/mol. The van der Waals surface area contributed by atoms with Gasteiger partial charge >= 0.3 is 0 Å². The minimum atomic E-state index is -3.74. The Hall–Kier alpha value is -0.690. The highest BCUT2D eigenvalue weighted by Gasteiger charge is 2.23. The van der Waals surface area contributed by atoms with Crippen LogP contribution in [0.5, 0.6) is 0 Å². The summed E-state index contributed by atoms with van der Waals surface area (Å²) in [6, 6.07) is 3.25. The molecule has 7 heteroatoms. The fraction of sp³-hybridized carbons (Fsp3) is 0.455. The first-order chi connectivity index (χ1) is 8.43. The fourth-order valence-corrected chi connectivity index (χ4v) is 3.29. The van der Waals surface area contributed by atoms with Crippen LogP contribution >= 0.6 is 11.6 Å². The van der Waals surface area contributed by atoms with Crippen LogP contribution in [-0.2, 0) is 10.0 Å². The molecule has 0 saturated carbocycles. The van der Waals surface area contributed by atoms with Gasteiger partial charge in [-0.15, -0.1) is 0 Å². The van der Waals surface area contributed by atoms with E-state index in [2.05, 4.69) is 0 Å². The maximum absolute atomic E-state index is 13.0. The quantitative estimate of drug-likeness (QED) is 0.872. The zero-order valence-corrected chi connectivity index (χ0v) is 11.5. The highest BCUT2D eigenvalue weighted by atomic mass is 35.5. The molecule has 18 heavy (non-hydrogen) atoms. The van der Waals surface area contributed by atoms with Gasteiger partial charge in [-0.3, -0.25) is 0 Å². The van der Waals surface area contributed by atoms with Crippen LogP contribution in [0.3, 0.4) is 0 Å². The summed E-state index contributed by atoms with van der Waals surface area (Å²) in [5.41, 5.74) is 0. The zero-order chi connectivity index (χ0) is 13.8. The lowest BCUT2D eigenvalue weighted by Gasteiger charge is -2.20. The van der Waals surface area contributed by atoms with Gasteiger partial charge in [-0.05, 0) is 24.6 Å². The van der Waals surface area contributed by atoms with Gasteiger partial charge in [-0.25, -0.2) is 12.8 Å². The third-order valence-electron chi connectivity index (χ3n) is 2.35. The smallest absolute Gasteiger partial charge is 0.243 e. The van der Waals surface area contributed by atoms with Crippen LogP contribution in [0.25, 0.3) is 0 Å². The minimum absolute atomic E-state index is 0.00513. The molecule has 0 amide bonds. The molecule has 1 rings (SSSR count). The molecule has 1 N–H and O–H groups in total. The van der Waals surface area contributed by atoms with Gasteiger partial charge in [0.15, 0.2) is 0 Å². The second-order valence-corrected chi connectivity index (χ2v) is 6.05. The van der Waals surface area contributed by atoms with Crippen molar-refractivity contribution in [2.24, 2.45) is 0 Å². The molecule has 0 atom stereocenters. The van der Waals surface area contributed by atoms with Crippen molar-refractivity contribution in [2.75, 3.05) is 19.7 Å². The average Bonchev–Trinajstić information content (AvgIpc) is 2.32. The molecule has 0 aromatic heterocycles. The highest BCUT2D eigenvalue weighted by Crippen LogP contribution is 2.22. The minimum Gasteiger partial charge on any atom is -0.395 e. The van der Waals surface area contributed by atoms with E-state index >= 15 is 0 Å². The third-order valence-corrected chi connectivity index (χ3v) is 4.54. The van der Waals surface area contributed by atoms with Crippen LogP contribution in [-0.4, -0.2) is 37.5 Å². The van der Waals surface area contributed by atoms with Crippen LogP contribution in [0.1, 0.15) is 13.3 Å². The maximum atomic E-state index is 13.0. The lowest BCUT2D eigenvalue weighted by molar-refractivity contribution is 0.253. The summed E-state index contributed by atoms with van der Waals surface area (Å²) in [6.45, 7) is 1.86. The van der Waals surface area contributed by atoms with Crippen molar-refractivity contribution in [3.8, 4) is 0 Å². The van der Waals surface area contributed by atoms with E-state index < -0.39 is 15.8 Å². The van der Waals surface area contributed by atoms with Crippen LogP contribution in [0.4, 0.5) is 4.39 Å². The molecule has 0 saturated heterocycles.